The monoisotopic (exact) mass is 551 g/mol. The molecule has 0 aliphatic heterocycles. The minimum atomic E-state index is -0.928. The van der Waals surface area contributed by atoms with Crippen molar-refractivity contribution in [2.24, 2.45) is 0 Å². The summed E-state index contributed by atoms with van der Waals surface area (Å²) in [6.07, 6.45) is 3.27. The number of amides is 3. The lowest BCUT2D eigenvalue weighted by molar-refractivity contribution is -0.137. The SMILES string of the molecule is O=C(O)CCCC(=O)NCCOCCOCC(=O)NCCOCCOCC(=O)NCCCCCC(=O)S. The van der Waals surface area contributed by atoms with E-state index in [1.807, 2.05) is 0 Å². The van der Waals surface area contributed by atoms with Crippen LogP contribution in [0, 0.1) is 0 Å². The van der Waals surface area contributed by atoms with Gasteiger partial charge >= 0.3 is 5.97 Å². The van der Waals surface area contributed by atoms with Gasteiger partial charge in [0.25, 0.3) is 0 Å². The highest BCUT2D eigenvalue weighted by atomic mass is 32.1. The maximum absolute atomic E-state index is 11.7. The maximum Gasteiger partial charge on any atom is 0.303 e. The van der Waals surface area contributed by atoms with Gasteiger partial charge in [0.1, 0.15) is 13.2 Å². The summed E-state index contributed by atoms with van der Waals surface area (Å²) in [6.45, 7) is 2.59. The van der Waals surface area contributed by atoms with Crippen molar-refractivity contribution in [2.45, 2.75) is 44.9 Å². The fourth-order valence-corrected chi connectivity index (χ4v) is 2.85. The van der Waals surface area contributed by atoms with Crippen LogP contribution in [0.4, 0.5) is 0 Å². The molecule has 0 aromatic carbocycles. The molecule has 0 aromatic heterocycles. The molecule has 0 heterocycles. The third-order valence-electron chi connectivity index (χ3n) is 4.53. The molecule has 0 bridgehead atoms. The Labute approximate surface area is 223 Å². The van der Waals surface area contributed by atoms with Gasteiger partial charge in [-0.15, -0.1) is 12.6 Å². The van der Waals surface area contributed by atoms with E-state index in [0.29, 0.717) is 39.1 Å². The Balaban J connectivity index is 3.35. The van der Waals surface area contributed by atoms with Crippen LogP contribution in [-0.2, 0) is 42.9 Å². The second-order valence-corrected chi connectivity index (χ2v) is 8.33. The van der Waals surface area contributed by atoms with Crippen LogP contribution in [-0.4, -0.2) is 106 Å². The lowest BCUT2D eigenvalue weighted by atomic mass is 10.2. The van der Waals surface area contributed by atoms with Gasteiger partial charge < -0.3 is 40.0 Å². The van der Waals surface area contributed by atoms with E-state index in [1.54, 1.807) is 0 Å². The minimum Gasteiger partial charge on any atom is -0.481 e. The molecule has 0 saturated carbocycles. The summed E-state index contributed by atoms with van der Waals surface area (Å²) in [5.41, 5.74) is 0. The number of carbonyl (C=O) groups is 5. The van der Waals surface area contributed by atoms with Crippen LogP contribution in [0.25, 0.3) is 0 Å². The van der Waals surface area contributed by atoms with Crippen molar-refractivity contribution in [3.05, 3.63) is 0 Å². The average molecular weight is 552 g/mol. The molecule has 4 N–H and O–H groups in total. The lowest BCUT2D eigenvalue weighted by Crippen LogP contribution is -2.31. The Morgan fingerprint density at radius 2 is 1.05 bits per heavy atom. The number of carbonyl (C=O) groups excluding carboxylic acids is 4. The van der Waals surface area contributed by atoms with Crippen LogP contribution in [0.1, 0.15) is 44.9 Å². The second-order valence-electron chi connectivity index (χ2n) is 7.83. The number of rotatable bonds is 26. The Morgan fingerprint density at radius 3 is 1.59 bits per heavy atom. The summed E-state index contributed by atoms with van der Waals surface area (Å²) < 4.78 is 21.0. The number of carboxylic acids is 1. The van der Waals surface area contributed by atoms with Gasteiger partial charge in [-0.1, -0.05) is 6.42 Å². The van der Waals surface area contributed by atoms with Crippen molar-refractivity contribution in [2.75, 3.05) is 72.5 Å². The number of hydrogen-bond acceptors (Lipinski definition) is 9. The number of hydrogen-bond donors (Lipinski definition) is 5. The van der Waals surface area contributed by atoms with Crippen molar-refractivity contribution in [1.82, 2.24) is 16.0 Å². The molecule has 0 aliphatic carbocycles. The first-order valence-electron chi connectivity index (χ1n) is 12.4. The molecule has 0 aliphatic rings. The number of carboxylic acid groups (broad SMARTS) is 1. The highest BCUT2D eigenvalue weighted by Crippen LogP contribution is 2.01. The summed E-state index contributed by atoms with van der Waals surface area (Å²) in [5.74, 6) is -1.65. The number of ether oxygens (including phenoxy) is 4. The second kappa shape index (κ2) is 25.4. The molecule has 0 fully saturated rings. The summed E-state index contributed by atoms with van der Waals surface area (Å²) in [7, 11) is 0. The third kappa shape index (κ3) is 28.2. The summed E-state index contributed by atoms with van der Waals surface area (Å²) >= 11 is 3.70. The summed E-state index contributed by atoms with van der Waals surface area (Å²) in [4.78, 5) is 55.8. The van der Waals surface area contributed by atoms with Crippen LogP contribution in [0.3, 0.4) is 0 Å². The predicted molar refractivity (Wildman–Crippen MR) is 136 cm³/mol. The smallest absolute Gasteiger partial charge is 0.303 e. The summed E-state index contributed by atoms with van der Waals surface area (Å²) in [5, 5.41) is 16.4. The first-order valence-corrected chi connectivity index (χ1v) is 12.8. The largest absolute Gasteiger partial charge is 0.481 e. The lowest BCUT2D eigenvalue weighted by Gasteiger charge is -2.09. The Hall–Kier alpha value is -2.26. The first-order chi connectivity index (χ1) is 17.8. The Bertz CT molecular complexity index is 667. The molecule has 0 rings (SSSR count). The van der Waals surface area contributed by atoms with Gasteiger partial charge in [-0.25, -0.2) is 0 Å². The average Bonchev–Trinajstić information content (AvgIpc) is 2.84. The van der Waals surface area contributed by atoms with E-state index in [2.05, 4.69) is 28.6 Å². The fourth-order valence-electron chi connectivity index (χ4n) is 2.69. The molecule has 0 aromatic rings. The van der Waals surface area contributed by atoms with E-state index >= 15 is 0 Å². The van der Waals surface area contributed by atoms with Crippen molar-refractivity contribution in [1.29, 1.82) is 0 Å². The van der Waals surface area contributed by atoms with E-state index in [0.717, 1.165) is 19.3 Å². The molecule has 0 unspecified atom stereocenters. The minimum absolute atomic E-state index is 0.0379. The van der Waals surface area contributed by atoms with Gasteiger partial charge in [-0.05, 0) is 19.3 Å². The first kappa shape index (κ1) is 34.7. The van der Waals surface area contributed by atoms with Crippen molar-refractivity contribution in [3.63, 3.8) is 0 Å². The van der Waals surface area contributed by atoms with Gasteiger partial charge in [0, 0.05) is 38.9 Å². The molecule has 13 nitrogen and oxygen atoms in total. The van der Waals surface area contributed by atoms with Crippen LogP contribution in [0.2, 0.25) is 0 Å². The predicted octanol–water partition coefficient (Wildman–Crippen LogP) is -0.327. The van der Waals surface area contributed by atoms with E-state index in [4.69, 9.17) is 24.1 Å². The highest BCUT2D eigenvalue weighted by molar-refractivity contribution is 7.96. The quantitative estimate of drug-likeness (QED) is 0.0706. The Kier molecular flexibility index (Phi) is 23.8. The van der Waals surface area contributed by atoms with Crippen LogP contribution >= 0.6 is 12.6 Å². The maximum atomic E-state index is 11.7. The zero-order valence-corrected chi connectivity index (χ0v) is 22.2. The Morgan fingerprint density at radius 1 is 0.541 bits per heavy atom. The molecule has 37 heavy (non-hydrogen) atoms. The molecule has 0 radical (unpaired) electrons. The van der Waals surface area contributed by atoms with Crippen molar-refractivity contribution < 1.29 is 48.0 Å². The summed E-state index contributed by atoms with van der Waals surface area (Å²) in [6, 6.07) is 0. The van der Waals surface area contributed by atoms with Crippen LogP contribution in [0.15, 0.2) is 0 Å². The molecule has 3 amide bonds. The van der Waals surface area contributed by atoms with Crippen molar-refractivity contribution in [3.8, 4) is 0 Å². The third-order valence-corrected chi connectivity index (χ3v) is 4.76. The van der Waals surface area contributed by atoms with Gasteiger partial charge in [0.05, 0.1) is 39.6 Å². The van der Waals surface area contributed by atoms with E-state index in [-0.39, 0.29) is 81.9 Å². The normalized spacial score (nSPS) is 10.6. The molecule has 0 spiro atoms. The molecule has 0 atom stereocenters. The molecular weight excluding hydrogens is 510 g/mol. The van der Waals surface area contributed by atoms with E-state index in [1.165, 1.54) is 0 Å². The van der Waals surface area contributed by atoms with Gasteiger partial charge in [0.2, 0.25) is 17.7 Å². The van der Waals surface area contributed by atoms with Gasteiger partial charge in [-0.3, -0.25) is 24.0 Å². The van der Waals surface area contributed by atoms with E-state index < -0.39 is 5.97 Å². The zero-order valence-electron chi connectivity index (χ0n) is 21.3. The molecule has 14 heteroatoms. The number of aliphatic carboxylic acids is 1. The van der Waals surface area contributed by atoms with Crippen LogP contribution < -0.4 is 16.0 Å². The van der Waals surface area contributed by atoms with Gasteiger partial charge in [-0.2, -0.15) is 0 Å². The van der Waals surface area contributed by atoms with Crippen molar-refractivity contribution >= 4 is 41.4 Å². The van der Waals surface area contributed by atoms with E-state index in [9.17, 15) is 24.0 Å². The highest BCUT2D eigenvalue weighted by Gasteiger charge is 2.04. The standard InChI is InChI=1S/C23H41N3O10S/c27-19(5-4-6-22(30)31)25-9-11-33-13-16-36-18-21(29)26-10-12-34-14-15-35-17-20(28)24-8-3-1-2-7-23(32)37/h1-18H2,(H,24,28)(H,25,27)(H,26,29)(H,30,31)(H,32,37). The number of nitrogens with one attached hydrogen (secondary N) is 3. The zero-order chi connectivity index (χ0) is 27.6. The van der Waals surface area contributed by atoms with Gasteiger partial charge in [0.15, 0.2) is 5.12 Å². The fraction of sp³-hybridized carbons (Fsp3) is 0.783. The number of thiol groups is 1. The molecular formula is C23H41N3O10S. The number of unbranched alkanes of at least 4 members (excludes halogenated alkanes) is 2. The topological polar surface area (TPSA) is 179 Å². The molecule has 214 valence electrons. The van der Waals surface area contributed by atoms with Crippen LogP contribution in [0.5, 0.6) is 0 Å². The molecule has 0 saturated heterocycles.